The molecule has 0 bridgehead atoms. The fourth-order valence-corrected chi connectivity index (χ4v) is 2.83. The van der Waals surface area contributed by atoms with Crippen molar-refractivity contribution in [1.29, 1.82) is 0 Å². The summed E-state index contributed by atoms with van der Waals surface area (Å²) in [6.07, 6.45) is -3.87. The topological polar surface area (TPSA) is 17.1 Å². The molecule has 0 atom stereocenters. The molecule has 0 spiro atoms. The smallest absolute Gasteiger partial charge is 0.294 e. The first kappa shape index (κ1) is 15.7. The normalized spacial score (nSPS) is 11.7. The molecule has 2 aromatic rings. The van der Waals surface area contributed by atoms with Crippen LogP contribution >= 0.6 is 11.3 Å². The highest BCUT2D eigenvalue weighted by Crippen LogP contribution is 2.31. The summed E-state index contributed by atoms with van der Waals surface area (Å²) in [5.41, 5.74) is -1.54. The summed E-state index contributed by atoms with van der Waals surface area (Å²) in [5.74, 6) is -1.58. The Balaban J connectivity index is 2.26. The highest BCUT2D eigenvalue weighted by atomic mass is 32.1. The van der Waals surface area contributed by atoms with E-state index in [1.807, 2.05) is 13.0 Å². The van der Waals surface area contributed by atoms with Crippen LogP contribution < -0.4 is 0 Å². The summed E-state index contributed by atoms with van der Waals surface area (Å²) in [6.45, 7) is 1.96. The molecule has 0 saturated carbocycles. The first-order chi connectivity index (χ1) is 9.81. The number of rotatable bonds is 4. The van der Waals surface area contributed by atoms with Gasteiger partial charge in [0, 0.05) is 16.2 Å². The van der Waals surface area contributed by atoms with Crippen LogP contribution in [0.3, 0.4) is 0 Å². The zero-order valence-electron chi connectivity index (χ0n) is 11.1. The molecular formula is C15H12F4OS. The van der Waals surface area contributed by atoms with Crippen molar-refractivity contribution in [3.63, 3.8) is 0 Å². The second-order valence-corrected chi connectivity index (χ2v) is 5.77. The van der Waals surface area contributed by atoms with Gasteiger partial charge in [-0.05, 0) is 36.8 Å². The van der Waals surface area contributed by atoms with Crippen molar-refractivity contribution < 1.29 is 22.4 Å². The van der Waals surface area contributed by atoms with Crippen LogP contribution in [0.4, 0.5) is 17.6 Å². The third-order valence-corrected chi connectivity index (χ3v) is 4.22. The average Bonchev–Trinajstić information content (AvgIpc) is 2.85. The molecule has 0 aliphatic heterocycles. The van der Waals surface area contributed by atoms with E-state index in [9.17, 15) is 22.4 Å². The van der Waals surface area contributed by atoms with E-state index in [-0.39, 0.29) is 6.42 Å². The van der Waals surface area contributed by atoms with Gasteiger partial charge in [-0.1, -0.05) is 6.92 Å². The Morgan fingerprint density at radius 1 is 1.14 bits per heavy atom. The number of halogens is 4. The van der Waals surface area contributed by atoms with Gasteiger partial charge in [-0.25, -0.2) is 4.39 Å². The maximum atomic E-state index is 13.6. The molecule has 1 aromatic carbocycles. The molecule has 0 radical (unpaired) electrons. The van der Waals surface area contributed by atoms with E-state index in [0.29, 0.717) is 23.1 Å². The molecule has 0 amide bonds. The van der Waals surface area contributed by atoms with Crippen LogP contribution in [0, 0.1) is 5.82 Å². The Kier molecular flexibility index (Phi) is 4.46. The van der Waals surface area contributed by atoms with Gasteiger partial charge in [0.2, 0.25) is 0 Å². The third-order valence-electron chi connectivity index (χ3n) is 2.99. The summed E-state index contributed by atoms with van der Waals surface area (Å²) in [7, 11) is 0. The molecule has 1 aromatic heterocycles. The van der Waals surface area contributed by atoms with Crippen LogP contribution in [-0.4, -0.2) is 5.78 Å². The number of benzene rings is 1. The molecule has 112 valence electrons. The highest BCUT2D eigenvalue weighted by molar-refractivity contribution is 7.12. The zero-order valence-corrected chi connectivity index (χ0v) is 11.9. The van der Waals surface area contributed by atoms with E-state index in [4.69, 9.17) is 0 Å². The summed E-state index contributed by atoms with van der Waals surface area (Å²) >= 11 is 1.41. The summed E-state index contributed by atoms with van der Waals surface area (Å²) in [4.78, 5) is 13.8. The number of hydrogen-bond acceptors (Lipinski definition) is 2. The lowest BCUT2D eigenvalue weighted by Gasteiger charge is -2.09. The van der Waals surface area contributed by atoms with Crippen molar-refractivity contribution in [2.24, 2.45) is 0 Å². The van der Waals surface area contributed by atoms with E-state index in [1.54, 1.807) is 6.07 Å². The number of Topliss-reactive ketones (excluding diaryl/α,β-unsaturated/α-hetero) is 1. The lowest BCUT2D eigenvalue weighted by Crippen LogP contribution is -2.10. The second kappa shape index (κ2) is 5.97. The van der Waals surface area contributed by atoms with Crippen LogP contribution in [0.25, 0.3) is 0 Å². The van der Waals surface area contributed by atoms with Crippen LogP contribution in [0.5, 0.6) is 0 Å². The molecular weight excluding hydrogens is 304 g/mol. The second-order valence-electron chi connectivity index (χ2n) is 4.51. The number of thiophene rings is 1. The van der Waals surface area contributed by atoms with E-state index in [1.165, 1.54) is 11.3 Å². The first-order valence-electron chi connectivity index (χ1n) is 6.28. The van der Waals surface area contributed by atoms with Crippen molar-refractivity contribution in [2.75, 3.05) is 0 Å². The number of ketones is 1. The standard InChI is InChI=1S/C15H12F4OS/c1-2-10-4-5-11(21-10)8-14(20)12-7-9(15(17,18)19)3-6-13(12)16/h3-7H,2,8H2,1H3. The van der Waals surface area contributed by atoms with E-state index in [0.717, 1.165) is 11.3 Å². The van der Waals surface area contributed by atoms with Gasteiger partial charge in [0.05, 0.1) is 11.1 Å². The van der Waals surface area contributed by atoms with Gasteiger partial charge in [0.25, 0.3) is 0 Å². The largest absolute Gasteiger partial charge is 0.416 e. The third kappa shape index (κ3) is 3.69. The molecule has 2 rings (SSSR count). The Morgan fingerprint density at radius 2 is 1.81 bits per heavy atom. The SMILES string of the molecule is CCc1ccc(CC(=O)c2cc(C(F)(F)F)ccc2F)s1. The maximum absolute atomic E-state index is 13.6. The van der Waals surface area contributed by atoms with E-state index >= 15 is 0 Å². The predicted octanol–water partition coefficient (Wildman–Crippen LogP) is 4.89. The summed E-state index contributed by atoms with van der Waals surface area (Å²) in [6, 6.07) is 5.49. The van der Waals surface area contributed by atoms with Gasteiger partial charge in [0.1, 0.15) is 5.82 Å². The van der Waals surface area contributed by atoms with Crippen LogP contribution in [0.1, 0.15) is 32.6 Å². The summed E-state index contributed by atoms with van der Waals surface area (Å²) in [5, 5.41) is 0. The highest BCUT2D eigenvalue weighted by Gasteiger charge is 2.31. The molecule has 0 unspecified atom stereocenters. The average molecular weight is 316 g/mol. The molecule has 21 heavy (non-hydrogen) atoms. The van der Waals surface area contributed by atoms with Crippen molar-refractivity contribution in [1.82, 2.24) is 0 Å². The minimum absolute atomic E-state index is 0.0943. The van der Waals surface area contributed by atoms with Crippen LogP contribution in [0.2, 0.25) is 0 Å². The fourth-order valence-electron chi connectivity index (χ4n) is 1.88. The molecule has 1 heterocycles. The quantitative estimate of drug-likeness (QED) is 0.579. The number of alkyl halides is 3. The Bertz CT molecular complexity index is 658. The summed E-state index contributed by atoms with van der Waals surface area (Å²) < 4.78 is 51.4. The number of aryl methyl sites for hydroxylation is 1. The van der Waals surface area contributed by atoms with Gasteiger partial charge in [-0.2, -0.15) is 13.2 Å². The molecule has 0 aliphatic carbocycles. The lowest BCUT2D eigenvalue weighted by molar-refractivity contribution is -0.137. The van der Waals surface area contributed by atoms with E-state index < -0.39 is 28.9 Å². The van der Waals surface area contributed by atoms with Crippen molar-refractivity contribution in [3.05, 3.63) is 57.0 Å². The van der Waals surface area contributed by atoms with Gasteiger partial charge in [0.15, 0.2) is 5.78 Å². The van der Waals surface area contributed by atoms with Crippen LogP contribution in [-0.2, 0) is 19.0 Å². The van der Waals surface area contributed by atoms with Gasteiger partial charge < -0.3 is 0 Å². The Morgan fingerprint density at radius 3 is 2.38 bits per heavy atom. The monoisotopic (exact) mass is 316 g/mol. The minimum atomic E-state index is -4.60. The van der Waals surface area contributed by atoms with Crippen molar-refractivity contribution in [3.8, 4) is 0 Å². The fraction of sp³-hybridized carbons (Fsp3) is 0.267. The molecule has 0 saturated heterocycles. The minimum Gasteiger partial charge on any atom is -0.294 e. The maximum Gasteiger partial charge on any atom is 0.416 e. The van der Waals surface area contributed by atoms with Gasteiger partial charge in [-0.15, -0.1) is 11.3 Å². The lowest BCUT2D eigenvalue weighted by atomic mass is 10.0. The number of carbonyl (C=O) groups is 1. The zero-order chi connectivity index (χ0) is 15.6. The molecule has 0 N–H and O–H groups in total. The molecule has 0 fully saturated rings. The molecule has 0 aliphatic rings. The van der Waals surface area contributed by atoms with Crippen LogP contribution in [0.15, 0.2) is 30.3 Å². The molecule has 6 heteroatoms. The van der Waals surface area contributed by atoms with E-state index in [2.05, 4.69) is 0 Å². The molecule has 1 nitrogen and oxygen atoms in total. The first-order valence-corrected chi connectivity index (χ1v) is 7.10. The number of carbonyl (C=O) groups excluding carboxylic acids is 1. The Labute approximate surface area is 123 Å². The van der Waals surface area contributed by atoms with Crippen molar-refractivity contribution >= 4 is 17.1 Å². The Hall–Kier alpha value is -1.69. The van der Waals surface area contributed by atoms with Gasteiger partial charge >= 0.3 is 6.18 Å². The number of hydrogen-bond donors (Lipinski definition) is 0. The predicted molar refractivity (Wildman–Crippen MR) is 73.1 cm³/mol. The van der Waals surface area contributed by atoms with Crippen molar-refractivity contribution in [2.45, 2.75) is 25.9 Å². The van der Waals surface area contributed by atoms with Gasteiger partial charge in [-0.3, -0.25) is 4.79 Å².